The molecule has 0 aliphatic rings. The number of rotatable bonds is 6. The minimum atomic E-state index is -1.32. The first kappa shape index (κ1) is 15.5. The molecule has 0 saturated heterocycles. The molecule has 5 heteroatoms. The molecule has 1 unspecified atom stereocenters. The highest BCUT2D eigenvalue weighted by Gasteiger charge is 2.22. The van der Waals surface area contributed by atoms with Crippen molar-refractivity contribution in [3.8, 4) is 5.75 Å². The van der Waals surface area contributed by atoms with Crippen LogP contribution in [0, 0.1) is 0 Å². The largest absolute Gasteiger partial charge is 0.496 e. The lowest BCUT2D eigenvalue weighted by atomic mass is 10.0. The normalized spacial score (nSPS) is 12.3. The van der Waals surface area contributed by atoms with Crippen LogP contribution in [0.15, 0.2) is 18.2 Å². The predicted octanol–water partition coefficient (Wildman–Crippen LogP) is 1.01. The highest BCUT2D eigenvalue weighted by molar-refractivity contribution is 5.77. The van der Waals surface area contributed by atoms with Crippen LogP contribution >= 0.6 is 0 Å². The van der Waals surface area contributed by atoms with E-state index >= 15 is 0 Å². The molecule has 1 aromatic rings. The number of carbonyl (C=O) groups is 1. The van der Waals surface area contributed by atoms with Gasteiger partial charge in [-0.2, -0.15) is 0 Å². The van der Waals surface area contributed by atoms with Crippen LogP contribution in [0.5, 0.6) is 5.75 Å². The summed E-state index contributed by atoms with van der Waals surface area (Å²) in [6.45, 7) is 0.889. The number of carbonyl (C=O) groups excluding carboxylic acids is 1. The Hall–Kier alpha value is -1.59. The van der Waals surface area contributed by atoms with Gasteiger partial charge in [0.05, 0.1) is 14.2 Å². The minimum absolute atomic E-state index is 0.436. The lowest BCUT2D eigenvalue weighted by molar-refractivity contribution is -0.150. The highest BCUT2D eigenvalue weighted by Crippen LogP contribution is 2.27. The quantitative estimate of drug-likeness (QED) is 0.779. The minimum Gasteiger partial charge on any atom is -0.496 e. The van der Waals surface area contributed by atoms with E-state index < -0.39 is 12.1 Å². The Kier molecular flexibility index (Phi) is 5.79. The molecule has 0 fully saturated rings. The van der Waals surface area contributed by atoms with E-state index in [-0.39, 0.29) is 0 Å². The maximum atomic E-state index is 11.4. The number of methoxy groups -OCH3 is 2. The van der Waals surface area contributed by atoms with E-state index in [1.165, 1.54) is 14.2 Å². The first-order valence-electron chi connectivity index (χ1n) is 6.07. The number of esters is 1. The van der Waals surface area contributed by atoms with Crippen molar-refractivity contribution in [3.63, 3.8) is 0 Å². The molecular formula is C14H21NO4. The lowest BCUT2D eigenvalue weighted by Gasteiger charge is -2.15. The Morgan fingerprint density at radius 3 is 2.58 bits per heavy atom. The first-order valence-corrected chi connectivity index (χ1v) is 6.07. The van der Waals surface area contributed by atoms with Gasteiger partial charge in [-0.25, -0.2) is 4.79 Å². The van der Waals surface area contributed by atoms with Gasteiger partial charge in [0.15, 0.2) is 6.10 Å². The van der Waals surface area contributed by atoms with Gasteiger partial charge in [-0.3, -0.25) is 0 Å². The summed E-state index contributed by atoms with van der Waals surface area (Å²) < 4.78 is 9.71. The van der Waals surface area contributed by atoms with Gasteiger partial charge in [-0.05, 0) is 38.2 Å². The summed E-state index contributed by atoms with van der Waals surface area (Å²) in [5.41, 5.74) is 1.47. The molecule has 1 N–H and O–H groups in total. The van der Waals surface area contributed by atoms with Crippen LogP contribution in [0.3, 0.4) is 0 Å². The Morgan fingerprint density at radius 1 is 1.37 bits per heavy atom. The fourth-order valence-corrected chi connectivity index (χ4v) is 1.74. The van der Waals surface area contributed by atoms with E-state index in [0.717, 1.165) is 18.5 Å². The molecule has 0 bridgehead atoms. The summed E-state index contributed by atoms with van der Waals surface area (Å²) in [5.74, 6) is -0.213. The lowest BCUT2D eigenvalue weighted by Crippen LogP contribution is -2.17. The standard InChI is InChI=1S/C14H21NO4/c1-15(2)8-7-10-5-6-12(18-3)11(9-10)13(16)14(17)19-4/h5-6,9,13,16H,7-8H2,1-4H3. The molecular weight excluding hydrogens is 246 g/mol. The van der Waals surface area contributed by atoms with Crippen molar-refractivity contribution in [2.24, 2.45) is 0 Å². The molecule has 0 saturated carbocycles. The van der Waals surface area contributed by atoms with E-state index in [2.05, 4.69) is 9.64 Å². The van der Waals surface area contributed by atoms with Crippen LogP contribution < -0.4 is 4.74 Å². The number of hydrogen-bond donors (Lipinski definition) is 1. The molecule has 0 amide bonds. The SMILES string of the molecule is COC(=O)C(O)c1cc(CCN(C)C)ccc1OC. The monoisotopic (exact) mass is 267 g/mol. The van der Waals surface area contributed by atoms with Gasteiger partial charge >= 0.3 is 5.97 Å². The third-order valence-corrected chi connectivity index (χ3v) is 2.86. The Bertz CT molecular complexity index is 431. The fourth-order valence-electron chi connectivity index (χ4n) is 1.74. The molecule has 0 radical (unpaired) electrons. The van der Waals surface area contributed by atoms with Crippen molar-refractivity contribution in [1.29, 1.82) is 0 Å². The number of nitrogens with zero attached hydrogens (tertiary/aromatic N) is 1. The number of likely N-dealkylation sites (N-methyl/N-ethyl adjacent to an activating group) is 1. The summed E-state index contributed by atoms with van der Waals surface area (Å²) in [5, 5.41) is 9.94. The molecule has 0 heterocycles. The maximum absolute atomic E-state index is 11.4. The molecule has 0 spiro atoms. The smallest absolute Gasteiger partial charge is 0.339 e. The topological polar surface area (TPSA) is 59.0 Å². The Labute approximate surface area is 113 Å². The van der Waals surface area contributed by atoms with E-state index in [9.17, 15) is 9.90 Å². The van der Waals surface area contributed by atoms with Crippen LogP contribution in [0.1, 0.15) is 17.2 Å². The first-order chi connectivity index (χ1) is 8.99. The van der Waals surface area contributed by atoms with Crippen molar-refractivity contribution in [2.45, 2.75) is 12.5 Å². The summed E-state index contributed by atoms with van der Waals surface area (Å²) in [7, 11) is 6.73. The second kappa shape index (κ2) is 7.11. The molecule has 0 aromatic heterocycles. The van der Waals surface area contributed by atoms with Crippen LogP contribution in [-0.4, -0.2) is 50.8 Å². The van der Waals surface area contributed by atoms with Crippen LogP contribution in [0.2, 0.25) is 0 Å². The van der Waals surface area contributed by atoms with Gasteiger partial charge in [0.25, 0.3) is 0 Å². The zero-order chi connectivity index (χ0) is 14.4. The number of benzene rings is 1. The van der Waals surface area contributed by atoms with Crippen molar-refractivity contribution in [2.75, 3.05) is 34.9 Å². The fraction of sp³-hybridized carbons (Fsp3) is 0.500. The van der Waals surface area contributed by atoms with Gasteiger partial charge in [0.2, 0.25) is 0 Å². The average Bonchev–Trinajstić information content (AvgIpc) is 2.42. The van der Waals surface area contributed by atoms with Gasteiger partial charge in [-0.15, -0.1) is 0 Å². The maximum Gasteiger partial charge on any atom is 0.339 e. The molecule has 1 rings (SSSR count). The number of hydrogen-bond acceptors (Lipinski definition) is 5. The van der Waals surface area contributed by atoms with Crippen molar-refractivity contribution in [1.82, 2.24) is 4.90 Å². The zero-order valence-corrected chi connectivity index (χ0v) is 11.8. The molecule has 1 aromatic carbocycles. The Morgan fingerprint density at radius 2 is 2.05 bits per heavy atom. The molecule has 106 valence electrons. The predicted molar refractivity (Wildman–Crippen MR) is 72.2 cm³/mol. The van der Waals surface area contributed by atoms with Gasteiger partial charge < -0.3 is 19.5 Å². The van der Waals surface area contributed by atoms with Crippen LogP contribution in [0.25, 0.3) is 0 Å². The third kappa shape index (κ3) is 4.22. The average molecular weight is 267 g/mol. The molecule has 5 nitrogen and oxygen atoms in total. The number of ether oxygens (including phenoxy) is 2. The van der Waals surface area contributed by atoms with E-state index in [1.54, 1.807) is 12.1 Å². The second-order valence-electron chi connectivity index (χ2n) is 4.56. The van der Waals surface area contributed by atoms with Gasteiger partial charge in [0, 0.05) is 12.1 Å². The molecule has 0 aliphatic heterocycles. The van der Waals surface area contributed by atoms with E-state index in [1.807, 2.05) is 20.2 Å². The summed E-state index contributed by atoms with van der Waals surface area (Å²) in [6.07, 6.45) is -0.489. The molecule has 0 aliphatic carbocycles. The third-order valence-electron chi connectivity index (χ3n) is 2.86. The van der Waals surface area contributed by atoms with Crippen LogP contribution in [-0.2, 0) is 16.0 Å². The van der Waals surface area contributed by atoms with Crippen LogP contribution in [0.4, 0.5) is 0 Å². The van der Waals surface area contributed by atoms with E-state index in [4.69, 9.17) is 4.74 Å². The van der Waals surface area contributed by atoms with Gasteiger partial charge in [-0.1, -0.05) is 6.07 Å². The van der Waals surface area contributed by atoms with Crippen molar-refractivity contribution in [3.05, 3.63) is 29.3 Å². The van der Waals surface area contributed by atoms with Gasteiger partial charge in [0.1, 0.15) is 5.75 Å². The number of aliphatic hydroxyl groups excluding tert-OH is 1. The summed E-state index contributed by atoms with van der Waals surface area (Å²) >= 11 is 0. The van der Waals surface area contributed by atoms with E-state index in [0.29, 0.717) is 11.3 Å². The molecule has 19 heavy (non-hydrogen) atoms. The van der Waals surface area contributed by atoms with Crippen molar-refractivity contribution >= 4 is 5.97 Å². The second-order valence-corrected chi connectivity index (χ2v) is 4.56. The number of aliphatic hydroxyl groups is 1. The van der Waals surface area contributed by atoms with Crippen molar-refractivity contribution < 1.29 is 19.4 Å². The summed E-state index contributed by atoms with van der Waals surface area (Å²) in [6, 6.07) is 5.46. The Balaban J connectivity index is 2.98. The molecule has 1 atom stereocenters. The zero-order valence-electron chi connectivity index (χ0n) is 11.8. The summed E-state index contributed by atoms with van der Waals surface area (Å²) in [4.78, 5) is 13.5. The highest BCUT2D eigenvalue weighted by atomic mass is 16.5.